The van der Waals surface area contributed by atoms with Crippen molar-refractivity contribution >= 4 is 40.0 Å². The van der Waals surface area contributed by atoms with Gasteiger partial charge in [0.25, 0.3) is 0 Å². The normalized spacial score (nSPS) is 11.8. The van der Waals surface area contributed by atoms with Crippen molar-refractivity contribution in [1.82, 2.24) is 15.4 Å². The third kappa shape index (κ3) is 9.09. The van der Waals surface area contributed by atoms with Crippen LogP contribution in [0.3, 0.4) is 0 Å². The van der Waals surface area contributed by atoms with Crippen LogP contribution in [0.4, 0.5) is 4.39 Å². The molecule has 160 valence electrons. The molecule has 6 nitrogen and oxygen atoms in total. The minimum Gasteiger partial charge on any atom is -0.352 e. The zero-order valence-corrected chi connectivity index (χ0v) is 19.9. The van der Waals surface area contributed by atoms with Crippen LogP contribution in [0.1, 0.15) is 30.5 Å². The second-order valence-electron chi connectivity index (χ2n) is 6.72. The largest absolute Gasteiger partial charge is 0.352 e. The van der Waals surface area contributed by atoms with Crippen molar-refractivity contribution in [3.63, 3.8) is 0 Å². The number of nitrogens with one attached hydrogen (secondary N) is 3. The van der Waals surface area contributed by atoms with E-state index in [0.717, 1.165) is 11.1 Å². The van der Waals surface area contributed by atoms with E-state index in [1.807, 2.05) is 12.1 Å². The SMILES string of the molecule is CN=C(NCc1ccc(CS(=O)(=O)NC(C)C)cc1)NCc1ccccc1F.I. The summed E-state index contributed by atoms with van der Waals surface area (Å²) in [6, 6.07) is 13.8. The minimum absolute atomic E-state index is 0. The summed E-state index contributed by atoms with van der Waals surface area (Å²) in [7, 11) is -1.69. The van der Waals surface area contributed by atoms with Crippen LogP contribution in [0.15, 0.2) is 53.5 Å². The number of benzene rings is 2. The van der Waals surface area contributed by atoms with Crippen molar-refractivity contribution in [1.29, 1.82) is 0 Å². The van der Waals surface area contributed by atoms with E-state index in [4.69, 9.17) is 0 Å². The summed E-state index contributed by atoms with van der Waals surface area (Å²) in [5, 5.41) is 6.22. The van der Waals surface area contributed by atoms with Crippen molar-refractivity contribution in [2.24, 2.45) is 4.99 Å². The Hall–Kier alpha value is -1.72. The Morgan fingerprint density at radius 2 is 1.59 bits per heavy atom. The van der Waals surface area contributed by atoms with Crippen molar-refractivity contribution in [2.45, 2.75) is 38.7 Å². The lowest BCUT2D eigenvalue weighted by atomic mass is 10.1. The number of rotatable bonds is 8. The molecule has 0 amide bonds. The maximum atomic E-state index is 13.7. The predicted molar refractivity (Wildman–Crippen MR) is 126 cm³/mol. The van der Waals surface area contributed by atoms with Crippen LogP contribution < -0.4 is 15.4 Å². The van der Waals surface area contributed by atoms with Crippen LogP contribution in [-0.2, 0) is 28.9 Å². The molecule has 0 radical (unpaired) electrons. The van der Waals surface area contributed by atoms with Crippen molar-refractivity contribution in [3.05, 3.63) is 71.0 Å². The molecule has 0 atom stereocenters. The molecule has 2 aromatic carbocycles. The van der Waals surface area contributed by atoms with E-state index in [1.165, 1.54) is 6.07 Å². The molecule has 2 rings (SSSR count). The van der Waals surface area contributed by atoms with Gasteiger partial charge in [-0.05, 0) is 31.0 Å². The van der Waals surface area contributed by atoms with Gasteiger partial charge in [0.05, 0.1) is 5.75 Å². The molecule has 0 aliphatic heterocycles. The van der Waals surface area contributed by atoms with E-state index < -0.39 is 10.0 Å². The molecule has 0 aliphatic rings. The molecule has 0 saturated carbocycles. The first-order valence-electron chi connectivity index (χ1n) is 9.05. The standard InChI is InChI=1S/C20H27FN4O2S.HI/c1-15(2)25-28(26,27)14-17-10-8-16(9-11-17)12-23-20(22-3)24-13-18-6-4-5-7-19(18)21;/h4-11,15,25H,12-14H2,1-3H3,(H2,22,23,24);1H. The van der Waals surface area contributed by atoms with Gasteiger partial charge in [-0.2, -0.15) is 0 Å². The molecule has 0 aromatic heterocycles. The highest BCUT2D eigenvalue weighted by molar-refractivity contribution is 14.0. The summed E-state index contributed by atoms with van der Waals surface area (Å²) in [5.41, 5.74) is 2.26. The zero-order valence-electron chi connectivity index (χ0n) is 16.8. The Kier molecular flexibility index (Phi) is 10.5. The molecule has 3 N–H and O–H groups in total. The van der Waals surface area contributed by atoms with Gasteiger partial charge in [-0.3, -0.25) is 4.99 Å². The number of hydrogen-bond donors (Lipinski definition) is 3. The average molecular weight is 534 g/mol. The van der Waals surface area contributed by atoms with Crippen molar-refractivity contribution in [3.8, 4) is 0 Å². The number of sulfonamides is 1. The molecule has 29 heavy (non-hydrogen) atoms. The molecule has 9 heteroatoms. The van der Waals surface area contributed by atoms with Crippen LogP contribution in [0, 0.1) is 5.82 Å². The first kappa shape index (κ1) is 25.3. The first-order chi connectivity index (χ1) is 13.3. The molecule has 0 spiro atoms. The third-order valence-electron chi connectivity index (χ3n) is 3.88. The Balaban J connectivity index is 0.00000420. The number of nitrogens with zero attached hydrogens (tertiary/aromatic N) is 1. The molecule has 0 heterocycles. The Morgan fingerprint density at radius 3 is 2.17 bits per heavy atom. The van der Waals surface area contributed by atoms with Gasteiger partial charge in [-0.15, -0.1) is 24.0 Å². The molecule has 0 bridgehead atoms. The predicted octanol–water partition coefficient (Wildman–Crippen LogP) is 3.14. The number of halogens is 2. The number of hydrogen-bond acceptors (Lipinski definition) is 3. The summed E-state index contributed by atoms with van der Waals surface area (Å²) in [4.78, 5) is 4.13. The van der Waals surface area contributed by atoms with Gasteiger partial charge in [0.1, 0.15) is 5.82 Å². The van der Waals surface area contributed by atoms with Crippen molar-refractivity contribution < 1.29 is 12.8 Å². The average Bonchev–Trinajstić information content (AvgIpc) is 2.63. The minimum atomic E-state index is -3.34. The van der Waals surface area contributed by atoms with Gasteiger partial charge >= 0.3 is 0 Å². The fourth-order valence-electron chi connectivity index (χ4n) is 2.60. The summed E-state index contributed by atoms with van der Waals surface area (Å²) >= 11 is 0. The number of aliphatic imine (C=N–C) groups is 1. The van der Waals surface area contributed by atoms with Gasteiger partial charge in [0, 0.05) is 31.7 Å². The van der Waals surface area contributed by atoms with Crippen LogP contribution in [0.25, 0.3) is 0 Å². The summed E-state index contributed by atoms with van der Waals surface area (Å²) in [6.45, 7) is 4.42. The second-order valence-corrected chi connectivity index (χ2v) is 8.47. The fraction of sp³-hybridized carbons (Fsp3) is 0.350. The monoisotopic (exact) mass is 534 g/mol. The summed E-state index contributed by atoms with van der Waals surface area (Å²) < 4.78 is 40.2. The highest BCUT2D eigenvalue weighted by atomic mass is 127. The smallest absolute Gasteiger partial charge is 0.216 e. The maximum absolute atomic E-state index is 13.7. The summed E-state index contributed by atoms with van der Waals surface area (Å²) in [5.74, 6) is 0.240. The van der Waals surface area contributed by atoms with E-state index >= 15 is 0 Å². The molecule has 0 unspecified atom stereocenters. The zero-order chi connectivity index (χ0) is 20.6. The second kappa shape index (κ2) is 12.1. The van der Waals surface area contributed by atoms with Crippen molar-refractivity contribution in [2.75, 3.05) is 7.05 Å². The van der Waals surface area contributed by atoms with E-state index in [-0.39, 0.29) is 41.6 Å². The van der Waals surface area contributed by atoms with Gasteiger partial charge < -0.3 is 10.6 Å². The van der Waals surface area contributed by atoms with Gasteiger partial charge in [0.2, 0.25) is 10.0 Å². The van der Waals surface area contributed by atoms with Crippen LogP contribution >= 0.6 is 24.0 Å². The van der Waals surface area contributed by atoms with E-state index in [9.17, 15) is 12.8 Å². The molecule has 0 aliphatic carbocycles. The topological polar surface area (TPSA) is 82.6 Å². The van der Waals surface area contributed by atoms with Gasteiger partial charge in [0.15, 0.2) is 5.96 Å². The Labute approximate surface area is 189 Å². The van der Waals surface area contributed by atoms with Crippen LogP contribution in [0.2, 0.25) is 0 Å². The third-order valence-corrected chi connectivity index (χ3v) is 5.43. The van der Waals surface area contributed by atoms with E-state index in [1.54, 1.807) is 51.2 Å². The van der Waals surface area contributed by atoms with Crippen LogP contribution in [-0.4, -0.2) is 27.5 Å². The Morgan fingerprint density at radius 1 is 1.00 bits per heavy atom. The lowest BCUT2D eigenvalue weighted by Crippen LogP contribution is -2.36. The quantitative estimate of drug-likeness (QED) is 0.276. The molecular weight excluding hydrogens is 506 g/mol. The molecule has 2 aromatic rings. The van der Waals surface area contributed by atoms with E-state index in [0.29, 0.717) is 24.6 Å². The molecule has 0 fully saturated rings. The highest BCUT2D eigenvalue weighted by Gasteiger charge is 2.12. The fourth-order valence-corrected chi connectivity index (χ4v) is 4.03. The summed E-state index contributed by atoms with van der Waals surface area (Å²) in [6.07, 6.45) is 0. The molecular formula is C20H28FIN4O2S. The number of guanidine groups is 1. The molecule has 0 saturated heterocycles. The van der Waals surface area contributed by atoms with E-state index in [2.05, 4.69) is 20.3 Å². The first-order valence-corrected chi connectivity index (χ1v) is 10.7. The van der Waals surface area contributed by atoms with Gasteiger partial charge in [-0.25, -0.2) is 17.5 Å². The highest BCUT2D eigenvalue weighted by Crippen LogP contribution is 2.09. The van der Waals surface area contributed by atoms with Gasteiger partial charge in [-0.1, -0.05) is 42.5 Å². The lowest BCUT2D eigenvalue weighted by Gasteiger charge is -2.13. The lowest BCUT2D eigenvalue weighted by molar-refractivity contribution is 0.569. The maximum Gasteiger partial charge on any atom is 0.216 e. The Bertz CT molecular complexity index is 903. The van der Waals surface area contributed by atoms with Crippen LogP contribution in [0.5, 0.6) is 0 Å².